The van der Waals surface area contributed by atoms with Gasteiger partial charge in [0, 0.05) is 14.5 Å². The van der Waals surface area contributed by atoms with Gasteiger partial charge in [-0.3, -0.25) is 4.79 Å². The lowest BCUT2D eigenvalue weighted by atomic mass is 10.1. The van der Waals surface area contributed by atoms with Crippen LogP contribution in [0.15, 0.2) is 52.7 Å². The highest BCUT2D eigenvalue weighted by Crippen LogP contribution is 2.36. The molecule has 1 amide bonds. The second-order valence-electron chi connectivity index (χ2n) is 4.88. The van der Waals surface area contributed by atoms with E-state index in [1.165, 1.54) is 0 Å². The summed E-state index contributed by atoms with van der Waals surface area (Å²) in [6, 6.07) is 12.7. The van der Waals surface area contributed by atoms with Gasteiger partial charge in [-0.25, -0.2) is 0 Å². The van der Waals surface area contributed by atoms with E-state index >= 15 is 0 Å². The van der Waals surface area contributed by atoms with Crippen LogP contribution in [-0.4, -0.2) is 16.0 Å². The van der Waals surface area contributed by atoms with Gasteiger partial charge in [-0.05, 0) is 59.8 Å². The Morgan fingerprint density at radius 1 is 1.18 bits per heavy atom. The average molecular weight is 405 g/mol. The molecule has 0 bridgehead atoms. The fourth-order valence-electron chi connectivity index (χ4n) is 2.09. The monoisotopic (exact) mass is 405 g/mol. The molecule has 2 N–H and O–H groups in total. The minimum Gasteiger partial charge on any atom is -0.493 e. The van der Waals surface area contributed by atoms with Crippen molar-refractivity contribution < 1.29 is 9.90 Å². The molecule has 110 valence electrons. The van der Waals surface area contributed by atoms with Crippen LogP contribution in [-0.2, 0) is 0 Å². The highest BCUT2D eigenvalue weighted by Gasteiger charge is 2.11. The van der Waals surface area contributed by atoms with Crippen molar-refractivity contribution in [3.05, 3.63) is 57.2 Å². The third-order valence-electron chi connectivity index (χ3n) is 3.25. The molecule has 5 nitrogen and oxygen atoms in total. The molecule has 1 aromatic heterocycles. The van der Waals surface area contributed by atoms with Crippen molar-refractivity contribution in [2.45, 2.75) is 6.92 Å². The number of amides is 1. The number of fused-ring (bicyclic) bond motifs is 1. The Labute approximate surface area is 140 Å². The van der Waals surface area contributed by atoms with E-state index in [1.807, 2.05) is 37.3 Å². The maximum absolute atomic E-state index is 12.0. The molecule has 3 aromatic rings. The molecule has 0 spiro atoms. The summed E-state index contributed by atoms with van der Waals surface area (Å²) in [6.07, 6.45) is 0. The highest BCUT2D eigenvalue weighted by atomic mass is 127. The quantitative estimate of drug-likeness (QED) is 0.479. The van der Waals surface area contributed by atoms with Gasteiger partial charge in [-0.1, -0.05) is 17.7 Å². The number of hydrogen-bond donors (Lipinski definition) is 2. The fraction of sp³-hybridized carbons (Fsp3) is 0.0625. The van der Waals surface area contributed by atoms with Crippen LogP contribution in [0.3, 0.4) is 0 Å². The van der Waals surface area contributed by atoms with Crippen molar-refractivity contribution in [3.63, 3.8) is 0 Å². The van der Waals surface area contributed by atoms with Gasteiger partial charge >= 0.3 is 0 Å². The molecule has 0 aliphatic carbocycles. The van der Waals surface area contributed by atoms with Crippen LogP contribution >= 0.6 is 22.6 Å². The van der Waals surface area contributed by atoms with Crippen molar-refractivity contribution in [3.8, 4) is 5.88 Å². The second-order valence-corrected chi connectivity index (χ2v) is 6.13. The molecule has 3 rings (SSSR count). The molecule has 0 saturated carbocycles. The third-order valence-corrected chi connectivity index (χ3v) is 3.92. The van der Waals surface area contributed by atoms with Gasteiger partial charge in [-0.15, -0.1) is 10.2 Å². The van der Waals surface area contributed by atoms with E-state index < -0.39 is 5.91 Å². The second kappa shape index (κ2) is 5.88. The molecule has 0 radical (unpaired) electrons. The molecular weight excluding hydrogens is 393 g/mol. The van der Waals surface area contributed by atoms with Crippen molar-refractivity contribution in [2.75, 3.05) is 0 Å². The summed E-state index contributed by atoms with van der Waals surface area (Å²) in [5, 5.41) is 18.3. The van der Waals surface area contributed by atoms with E-state index in [9.17, 15) is 9.90 Å². The van der Waals surface area contributed by atoms with Crippen LogP contribution < -0.4 is 0 Å². The van der Waals surface area contributed by atoms with E-state index in [0.29, 0.717) is 5.56 Å². The smallest absolute Gasteiger partial charge is 0.295 e. The summed E-state index contributed by atoms with van der Waals surface area (Å²) in [5.41, 5.74) is 2.55. The van der Waals surface area contributed by atoms with Gasteiger partial charge < -0.3 is 10.1 Å². The topological polar surface area (TPSA) is 77.8 Å². The first kappa shape index (κ1) is 14.7. The summed E-state index contributed by atoms with van der Waals surface area (Å²) in [7, 11) is 0. The lowest BCUT2D eigenvalue weighted by molar-refractivity contribution is 0.0995. The Kier molecular flexibility index (Phi) is 3.93. The SMILES string of the molecule is Cc1ccc(C(=O)N=Nc2c(O)[nH]c3ccc(I)cc23)cc1. The number of aryl methyl sites for hydroxylation is 1. The van der Waals surface area contributed by atoms with E-state index in [-0.39, 0.29) is 11.6 Å². The van der Waals surface area contributed by atoms with Crippen LogP contribution in [0.4, 0.5) is 5.69 Å². The zero-order valence-corrected chi connectivity index (χ0v) is 13.8. The zero-order valence-electron chi connectivity index (χ0n) is 11.7. The Morgan fingerprint density at radius 2 is 1.91 bits per heavy atom. The zero-order chi connectivity index (χ0) is 15.7. The third kappa shape index (κ3) is 2.87. The molecule has 22 heavy (non-hydrogen) atoms. The van der Waals surface area contributed by atoms with E-state index in [0.717, 1.165) is 20.0 Å². The highest BCUT2D eigenvalue weighted by molar-refractivity contribution is 14.1. The summed E-state index contributed by atoms with van der Waals surface area (Å²) in [5.74, 6) is -0.545. The van der Waals surface area contributed by atoms with Crippen LogP contribution in [0.25, 0.3) is 10.9 Å². The van der Waals surface area contributed by atoms with E-state index in [2.05, 4.69) is 37.8 Å². The predicted molar refractivity (Wildman–Crippen MR) is 92.7 cm³/mol. The Hall–Kier alpha value is -2.22. The van der Waals surface area contributed by atoms with E-state index in [1.54, 1.807) is 12.1 Å². The number of nitrogens with one attached hydrogen (secondary N) is 1. The number of rotatable bonds is 2. The molecule has 1 heterocycles. The molecule has 0 aliphatic rings. The molecule has 0 fully saturated rings. The van der Waals surface area contributed by atoms with Crippen LogP contribution in [0.2, 0.25) is 0 Å². The first-order valence-electron chi connectivity index (χ1n) is 6.57. The molecular formula is C16H12IN3O2. The lowest BCUT2D eigenvalue weighted by Gasteiger charge is -1.96. The van der Waals surface area contributed by atoms with Crippen LogP contribution in [0, 0.1) is 10.5 Å². The molecule has 0 saturated heterocycles. The number of halogens is 1. The first-order chi connectivity index (χ1) is 10.5. The van der Waals surface area contributed by atoms with Crippen molar-refractivity contribution >= 4 is 45.1 Å². The number of carbonyl (C=O) groups is 1. The van der Waals surface area contributed by atoms with Gasteiger partial charge in [0.25, 0.3) is 5.91 Å². The number of azo groups is 1. The average Bonchev–Trinajstić information content (AvgIpc) is 2.80. The van der Waals surface area contributed by atoms with Gasteiger partial charge in [0.15, 0.2) is 5.69 Å². The van der Waals surface area contributed by atoms with Gasteiger partial charge in [-0.2, -0.15) is 0 Å². The van der Waals surface area contributed by atoms with Crippen molar-refractivity contribution in [1.82, 2.24) is 4.98 Å². The number of hydrogen-bond acceptors (Lipinski definition) is 3. The largest absolute Gasteiger partial charge is 0.493 e. The molecule has 0 unspecified atom stereocenters. The normalized spacial score (nSPS) is 11.4. The number of nitrogens with zero attached hydrogens (tertiary/aromatic N) is 2. The van der Waals surface area contributed by atoms with Gasteiger partial charge in [0.1, 0.15) is 0 Å². The number of aromatic amines is 1. The molecule has 0 atom stereocenters. The summed E-state index contributed by atoms with van der Waals surface area (Å²) in [4.78, 5) is 14.8. The number of H-pyrrole nitrogens is 1. The maximum Gasteiger partial charge on any atom is 0.295 e. The van der Waals surface area contributed by atoms with Crippen LogP contribution in [0.1, 0.15) is 15.9 Å². The van der Waals surface area contributed by atoms with Gasteiger partial charge in [0.05, 0.1) is 5.52 Å². The Morgan fingerprint density at radius 3 is 2.64 bits per heavy atom. The Balaban J connectivity index is 1.95. The summed E-state index contributed by atoms with van der Waals surface area (Å²) in [6.45, 7) is 1.95. The molecule has 2 aromatic carbocycles. The lowest BCUT2D eigenvalue weighted by Crippen LogP contribution is -1.92. The maximum atomic E-state index is 12.0. The number of benzene rings is 2. The number of carbonyl (C=O) groups excluding carboxylic acids is 1. The Bertz CT molecular complexity index is 882. The predicted octanol–water partition coefficient (Wildman–Crippen LogP) is 4.71. The molecule has 0 aliphatic heterocycles. The first-order valence-corrected chi connectivity index (χ1v) is 7.65. The minimum absolute atomic E-state index is 0.0996. The van der Waals surface area contributed by atoms with Crippen LogP contribution in [0.5, 0.6) is 5.88 Å². The minimum atomic E-state index is -0.445. The standard InChI is InChI=1S/C16H12IN3O2/c1-9-2-4-10(5-3-9)15(21)20-19-14-12-8-11(17)6-7-13(12)18-16(14)22/h2-8,18,22H,1H3. The summed E-state index contributed by atoms with van der Waals surface area (Å²) < 4.78 is 1.01. The van der Waals surface area contributed by atoms with E-state index in [4.69, 9.17) is 0 Å². The fourth-order valence-corrected chi connectivity index (χ4v) is 2.58. The van der Waals surface area contributed by atoms with Crippen molar-refractivity contribution in [2.24, 2.45) is 10.2 Å². The van der Waals surface area contributed by atoms with Crippen molar-refractivity contribution in [1.29, 1.82) is 0 Å². The number of aromatic hydroxyl groups is 1. The van der Waals surface area contributed by atoms with Gasteiger partial charge in [0.2, 0.25) is 5.88 Å². The number of aromatic nitrogens is 1. The summed E-state index contributed by atoms with van der Waals surface area (Å²) >= 11 is 2.17. The molecule has 6 heteroatoms.